The number of sulfonamides is 1. The smallest absolute Gasteiger partial charge is 0.257 e. The Bertz CT molecular complexity index is 1640. The van der Waals surface area contributed by atoms with Gasteiger partial charge in [-0.2, -0.15) is 5.10 Å². The van der Waals surface area contributed by atoms with Crippen LogP contribution in [0.25, 0.3) is 6.08 Å². The summed E-state index contributed by atoms with van der Waals surface area (Å²) in [6.07, 6.45) is 4.11. The van der Waals surface area contributed by atoms with Crippen LogP contribution in [0.3, 0.4) is 0 Å². The third-order valence-electron chi connectivity index (χ3n) is 6.22. The summed E-state index contributed by atoms with van der Waals surface area (Å²) in [4.78, 5) is 28.5. The van der Waals surface area contributed by atoms with Crippen molar-refractivity contribution in [3.8, 4) is 0 Å². The summed E-state index contributed by atoms with van der Waals surface area (Å²) in [6.45, 7) is 1.96. The maximum absolute atomic E-state index is 14.1. The molecule has 212 valence electrons. The van der Waals surface area contributed by atoms with Crippen LogP contribution in [0.15, 0.2) is 96.7 Å². The molecule has 1 unspecified atom stereocenters. The second-order valence-electron chi connectivity index (χ2n) is 9.18. The molecule has 0 fully saturated rings. The van der Waals surface area contributed by atoms with Crippen molar-refractivity contribution in [1.82, 2.24) is 14.5 Å². The van der Waals surface area contributed by atoms with Gasteiger partial charge in [0.2, 0.25) is 11.8 Å². The number of rotatable bonds is 11. The van der Waals surface area contributed by atoms with E-state index in [4.69, 9.17) is 0 Å². The van der Waals surface area contributed by atoms with Crippen LogP contribution in [0.2, 0.25) is 0 Å². The zero-order valence-electron chi connectivity index (χ0n) is 22.2. The van der Waals surface area contributed by atoms with Crippen molar-refractivity contribution in [2.45, 2.75) is 19.9 Å². The highest BCUT2D eigenvalue weighted by molar-refractivity contribution is 7.93. The summed E-state index contributed by atoms with van der Waals surface area (Å²) >= 11 is 0. The Hall–Kier alpha value is -4.64. The van der Waals surface area contributed by atoms with Crippen LogP contribution in [-0.2, 0) is 32.6 Å². The Kier molecular flexibility index (Phi) is 9.41. The van der Waals surface area contributed by atoms with Crippen molar-refractivity contribution in [2.75, 3.05) is 11.4 Å². The van der Waals surface area contributed by atoms with Crippen LogP contribution in [-0.4, -0.2) is 36.6 Å². The van der Waals surface area contributed by atoms with E-state index in [1.807, 2.05) is 4.72 Å². The number of aromatic nitrogens is 2. The Morgan fingerprint density at radius 3 is 2.37 bits per heavy atom. The highest BCUT2D eigenvalue weighted by Gasteiger charge is 2.33. The quantitative estimate of drug-likeness (QED) is 0.264. The van der Waals surface area contributed by atoms with Gasteiger partial charge in [0.05, 0.1) is 18.1 Å². The van der Waals surface area contributed by atoms with Crippen molar-refractivity contribution in [1.29, 1.82) is 0 Å². The predicted octanol–water partition coefficient (Wildman–Crippen LogP) is 4.54. The number of nitrogens with zero attached hydrogens (tertiary/aromatic N) is 3. The van der Waals surface area contributed by atoms with Crippen LogP contribution in [0.1, 0.15) is 23.6 Å². The van der Waals surface area contributed by atoms with Gasteiger partial charge in [0.15, 0.2) is 0 Å². The minimum atomic E-state index is -4.23. The Morgan fingerprint density at radius 2 is 1.71 bits per heavy atom. The summed E-state index contributed by atoms with van der Waals surface area (Å²) in [5, 5.41) is 5.04. The molecule has 1 heterocycles. The van der Waals surface area contributed by atoms with Crippen molar-refractivity contribution in [3.63, 3.8) is 0 Å². The SMILES string of the molecule is CCN(C(=O)C(Cc1cnn(Cc2ccc(F)cc2F)c1)C(=O)NS(=O)(=O)/C=C/c1ccccc1)c1ccccc1. The fraction of sp³-hybridized carbons (Fsp3) is 0.167. The van der Waals surface area contributed by atoms with Crippen LogP contribution in [0.4, 0.5) is 14.5 Å². The number of hydrogen-bond acceptors (Lipinski definition) is 5. The lowest BCUT2D eigenvalue weighted by Crippen LogP contribution is -2.46. The van der Waals surface area contributed by atoms with Crippen LogP contribution in [0, 0.1) is 17.6 Å². The van der Waals surface area contributed by atoms with Gasteiger partial charge in [-0.05, 0) is 48.7 Å². The highest BCUT2D eigenvalue weighted by Crippen LogP contribution is 2.20. The largest absolute Gasteiger partial charge is 0.312 e. The van der Waals surface area contributed by atoms with Gasteiger partial charge >= 0.3 is 0 Å². The predicted molar refractivity (Wildman–Crippen MR) is 152 cm³/mol. The molecule has 0 aliphatic heterocycles. The molecule has 0 radical (unpaired) electrons. The topological polar surface area (TPSA) is 101 Å². The molecule has 41 heavy (non-hydrogen) atoms. The van der Waals surface area contributed by atoms with Crippen LogP contribution < -0.4 is 9.62 Å². The maximum Gasteiger partial charge on any atom is 0.257 e. The van der Waals surface area contributed by atoms with Gasteiger partial charge in [-0.25, -0.2) is 21.9 Å². The molecule has 0 saturated heterocycles. The second kappa shape index (κ2) is 13.1. The van der Waals surface area contributed by atoms with E-state index in [2.05, 4.69) is 5.10 Å². The van der Waals surface area contributed by atoms with E-state index in [1.165, 1.54) is 34.1 Å². The van der Waals surface area contributed by atoms with E-state index in [9.17, 15) is 26.8 Å². The number of benzene rings is 3. The highest BCUT2D eigenvalue weighted by atomic mass is 32.2. The van der Waals surface area contributed by atoms with Gasteiger partial charge in [-0.3, -0.25) is 14.3 Å². The first-order valence-corrected chi connectivity index (χ1v) is 14.3. The number of anilines is 1. The summed E-state index contributed by atoms with van der Waals surface area (Å²) in [5.41, 5.74) is 1.81. The fourth-order valence-corrected chi connectivity index (χ4v) is 5.02. The molecule has 1 N–H and O–H groups in total. The van der Waals surface area contributed by atoms with Gasteiger partial charge < -0.3 is 4.90 Å². The lowest BCUT2D eigenvalue weighted by molar-refractivity contribution is -0.132. The van der Waals surface area contributed by atoms with E-state index >= 15 is 0 Å². The minimum Gasteiger partial charge on any atom is -0.312 e. The van der Waals surface area contributed by atoms with E-state index in [0.29, 0.717) is 16.8 Å². The molecule has 0 aliphatic rings. The summed E-state index contributed by atoms with van der Waals surface area (Å²) in [7, 11) is -4.23. The second-order valence-corrected chi connectivity index (χ2v) is 10.7. The van der Waals surface area contributed by atoms with Crippen molar-refractivity contribution >= 4 is 33.6 Å². The molecular formula is C30H28F2N4O4S. The van der Waals surface area contributed by atoms with Gasteiger partial charge in [0, 0.05) is 30.1 Å². The number of halogens is 2. The average molecular weight is 579 g/mol. The number of nitrogens with one attached hydrogen (secondary N) is 1. The standard InChI is InChI=1S/C30H28F2N4O4S/c1-2-36(26-11-7-4-8-12-26)30(38)27(29(37)34-41(39,40)16-15-22-9-5-3-6-10-22)17-23-19-33-35(20-23)21-24-13-14-25(31)18-28(24)32/h3-16,18-20,27H,2,17,21H2,1H3,(H,34,37)/b16-15+. The molecule has 3 aromatic carbocycles. The monoisotopic (exact) mass is 578 g/mol. The lowest BCUT2D eigenvalue weighted by Gasteiger charge is -2.25. The van der Waals surface area contributed by atoms with Crippen molar-refractivity contribution in [3.05, 3.63) is 125 Å². The number of carbonyl (C=O) groups is 2. The summed E-state index contributed by atoms with van der Waals surface area (Å²) in [5.74, 6) is -4.46. The van der Waals surface area contributed by atoms with Gasteiger partial charge in [0.1, 0.15) is 17.6 Å². The Morgan fingerprint density at radius 1 is 1.02 bits per heavy atom. The molecular weight excluding hydrogens is 550 g/mol. The average Bonchev–Trinajstić information content (AvgIpc) is 3.40. The first-order valence-electron chi connectivity index (χ1n) is 12.8. The lowest BCUT2D eigenvalue weighted by atomic mass is 9.99. The van der Waals surface area contributed by atoms with E-state index in [0.717, 1.165) is 17.5 Å². The van der Waals surface area contributed by atoms with Crippen LogP contribution in [0.5, 0.6) is 0 Å². The van der Waals surface area contributed by atoms with Gasteiger partial charge in [-0.1, -0.05) is 54.6 Å². The third kappa shape index (κ3) is 7.95. The number of carbonyl (C=O) groups excluding carboxylic acids is 2. The molecule has 0 aliphatic carbocycles. The van der Waals surface area contributed by atoms with E-state index in [-0.39, 0.29) is 25.1 Å². The zero-order chi connectivity index (χ0) is 29.4. The molecule has 0 spiro atoms. The normalized spacial score (nSPS) is 12.3. The first kappa shape index (κ1) is 29.3. The first-order chi connectivity index (χ1) is 19.6. The number of hydrogen-bond donors (Lipinski definition) is 1. The van der Waals surface area contributed by atoms with Crippen LogP contribution >= 0.6 is 0 Å². The number of para-hydroxylation sites is 1. The minimum absolute atomic E-state index is 0.0132. The van der Waals surface area contributed by atoms with E-state index in [1.54, 1.807) is 67.6 Å². The third-order valence-corrected chi connectivity index (χ3v) is 7.20. The maximum atomic E-state index is 14.1. The fourth-order valence-electron chi connectivity index (χ4n) is 4.19. The molecule has 8 nitrogen and oxygen atoms in total. The van der Waals surface area contributed by atoms with E-state index < -0.39 is 39.4 Å². The Balaban J connectivity index is 1.58. The molecule has 4 aromatic rings. The van der Waals surface area contributed by atoms with Gasteiger partial charge in [-0.15, -0.1) is 0 Å². The molecule has 0 saturated carbocycles. The summed E-state index contributed by atoms with van der Waals surface area (Å²) in [6, 6.07) is 20.6. The summed E-state index contributed by atoms with van der Waals surface area (Å²) < 4.78 is 56.3. The number of amides is 2. The molecule has 4 rings (SSSR count). The molecule has 11 heteroatoms. The van der Waals surface area contributed by atoms with Crippen molar-refractivity contribution < 1.29 is 26.8 Å². The Labute approximate surface area is 237 Å². The molecule has 1 aromatic heterocycles. The van der Waals surface area contributed by atoms with Crippen molar-refractivity contribution in [2.24, 2.45) is 5.92 Å². The molecule has 1 atom stereocenters. The molecule has 2 amide bonds. The zero-order valence-corrected chi connectivity index (χ0v) is 23.0. The van der Waals surface area contributed by atoms with Gasteiger partial charge in [0.25, 0.3) is 10.0 Å². The molecule has 0 bridgehead atoms.